The molecule has 0 spiro atoms. The standard InChI is InChI=1S/C19H20ClFN2O/c20-17-11-16(6-7-18(17)21)22-19(24)10-15-8-9-23(13-15)12-14-4-2-1-3-5-14/h1-7,11,15H,8-10,12-13H2,(H,22,24)/t15-/m0/s1. The normalized spacial score (nSPS) is 17.8. The Hall–Kier alpha value is -1.91. The Kier molecular flexibility index (Phi) is 5.48. The Balaban J connectivity index is 1.48. The lowest BCUT2D eigenvalue weighted by atomic mass is 10.0. The summed E-state index contributed by atoms with van der Waals surface area (Å²) in [6.45, 7) is 2.86. The van der Waals surface area contributed by atoms with E-state index in [9.17, 15) is 9.18 Å². The van der Waals surface area contributed by atoms with E-state index in [0.717, 1.165) is 26.1 Å². The van der Waals surface area contributed by atoms with Crippen LogP contribution in [0.1, 0.15) is 18.4 Å². The van der Waals surface area contributed by atoms with Crippen LogP contribution in [0.25, 0.3) is 0 Å². The Morgan fingerprint density at radius 1 is 1.25 bits per heavy atom. The third kappa shape index (κ3) is 4.56. The van der Waals surface area contributed by atoms with Crippen LogP contribution in [0.5, 0.6) is 0 Å². The number of benzene rings is 2. The zero-order valence-electron chi connectivity index (χ0n) is 13.3. The predicted molar refractivity (Wildman–Crippen MR) is 94.5 cm³/mol. The minimum atomic E-state index is -0.484. The van der Waals surface area contributed by atoms with Crippen LogP contribution in [-0.2, 0) is 11.3 Å². The lowest BCUT2D eigenvalue weighted by Crippen LogP contribution is -2.22. The topological polar surface area (TPSA) is 32.3 Å². The SMILES string of the molecule is O=C(C[C@@H]1CCN(Cc2ccccc2)C1)Nc1ccc(F)c(Cl)c1. The highest BCUT2D eigenvalue weighted by molar-refractivity contribution is 6.31. The van der Waals surface area contributed by atoms with Crippen molar-refractivity contribution in [2.75, 3.05) is 18.4 Å². The number of hydrogen-bond acceptors (Lipinski definition) is 2. The minimum Gasteiger partial charge on any atom is -0.326 e. The number of halogens is 2. The van der Waals surface area contributed by atoms with Crippen molar-refractivity contribution >= 4 is 23.2 Å². The maximum atomic E-state index is 13.1. The molecule has 1 N–H and O–H groups in total. The van der Waals surface area contributed by atoms with Crippen molar-refractivity contribution in [1.82, 2.24) is 4.90 Å². The van der Waals surface area contributed by atoms with Crippen LogP contribution < -0.4 is 5.32 Å². The van der Waals surface area contributed by atoms with Gasteiger partial charge < -0.3 is 5.32 Å². The average Bonchev–Trinajstić information content (AvgIpc) is 2.99. The molecule has 126 valence electrons. The molecule has 3 rings (SSSR count). The molecule has 24 heavy (non-hydrogen) atoms. The van der Waals surface area contributed by atoms with Crippen molar-refractivity contribution in [2.45, 2.75) is 19.4 Å². The third-order valence-electron chi connectivity index (χ3n) is 4.30. The van der Waals surface area contributed by atoms with Gasteiger partial charge in [-0.3, -0.25) is 9.69 Å². The van der Waals surface area contributed by atoms with E-state index in [0.29, 0.717) is 18.0 Å². The summed E-state index contributed by atoms with van der Waals surface area (Å²) >= 11 is 5.73. The number of nitrogens with zero attached hydrogens (tertiary/aromatic N) is 1. The zero-order valence-corrected chi connectivity index (χ0v) is 14.1. The lowest BCUT2D eigenvalue weighted by molar-refractivity contribution is -0.117. The maximum absolute atomic E-state index is 13.1. The molecule has 0 aliphatic carbocycles. The monoisotopic (exact) mass is 346 g/mol. The Morgan fingerprint density at radius 2 is 2.04 bits per heavy atom. The molecule has 2 aromatic carbocycles. The molecule has 3 nitrogen and oxygen atoms in total. The molecular weight excluding hydrogens is 327 g/mol. The van der Waals surface area contributed by atoms with Crippen LogP contribution in [0.4, 0.5) is 10.1 Å². The number of amides is 1. The largest absolute Gasteiger partial charge is 0.326 e. The van der Waals surface area contributed by atoms with Gasteiger partial charge >= 0.3 is 0 Å². The van der Waals surface area contributed by atoms with Crippen molar-refractivity contribution in [3.05, 3.63) is 64.9 Å². The van der Waals surface area contributed by atoms with Crippen molar-refractivity contribution in [2.24, 2.45) is 5.92 Å². The van der Waals surface area contributed by atoms with E-state index in [1.807, 2.05) is 18.2 Å². The third-order valence-corrected chi connectivity index (χ3v) is 4.59. The molecule has 0 aromatic heterocycles. The van der Waals surface area contributed by atoms with Crippen LogP contribution >= 0.6 is 11.6 Å². The number of likely N-dealkylation sites (tertiary alicyclic amines) is 1. The summed E-state index contributed by atoms with van der Waals surface area (Å²) in [4.78, 5) is 14.5. The summed E-state index contributed by atoms with van der Waals surface area (Å²) in [5, 5.41) is 2.81. The number of carbonyl (C=O) groups excluding carboxylic acids is 1. The quantitative estimate of drug-likeness (QED) is 0.874. The second-order valence-corrected chi connectivity index (χ2v) is 6.66. The molecule has 0 saturated carbocycles. The van der Waals surface area contributed by atoms with Crippen molar-refractivity contribution in [3.8, 4) is 0 Å². The van der Waals surface area contributed by atoms with Gasteiger partial charge in [0.2, 0.25) is 5.91 Å². The van der Waals surface area contributed by atoms with Gasteiger partial charge in [0.25, 0.3) is 0 Å². The fourth-order valence-corrected chi connectivity index (χ4v) is 3.29. The molecule has 2 aromatic rings. The van der Waals surface area contributed by atoms with Crippen molar-refractivity contribution in [1.29, 1.82) is 0 Å². The van der Waals surface area contributed by atoms with Crippen molar-refractivity contribution in [3.63, 3.8) is 0 Å². The fourth-order valence-electron chi connectivity index (χ4n) is 3.11. The molecule has 5 heteroatoms. The average molecular weight is 347 g/mol. The minimum absolute atomic E-state index is 0.0164. The van der Waals surface area contributed by atoms with Gasteiger partial charge in [0, 0.05) is 25.2 Å². The van der Waals surface area contributed by atoms with Gasteiger partial charge in [0.1, 0.15) is 5.82 Å². The molecule has 1 amide bonds. The molecule has 0 radical (unpaired) electrons. The second kappa shape index (κ2) is 7.77. The van der Waals surface area contributed by atoms with E-state index in [1.165, 1.54) is 23.8 Å². The van der Waals surface area contributed by atoms with Gasteiger partial charge in [-0.2, -0.15) is 0 Å². The molecule has 1 aliphatic heterocycles. The van der Waals surface area contributed by atoms with Crippen LogP contribution in [0.15, 0.2) is 48.5 Å². The molecule has 1 fully saturated rings. The second-order valence-electron chi connectivity index (χ2n) is 6.26. The van der Waals surface area contributed by atoms with E-state index < -0.39 is 5.82 Å². The summed E-state index contributed by atoms with van der Waals surface area (Å²) in [6.07, 6.45) is 1.49. The first-order chi connectivity index (χ1) is 11.6. The number of anilines is 1. The molecule has 0 bridgehead atoms. The van der Waals surface area contributed by atoms with Crippen LogP contribution in [0.2, 0.25) is 5.02 Å². The summed E-state index contributed by atoms with van der Waals surface area (Å²) in [6, 6.07) is 14.6. The van der Waals surface area contributed by atoms with Gasteiger partial charge in [0.05, 0.1) is 5.02 Å². The van der Waals surface area contributed by atoms with Crippen LogP contribution in [0, 0.1) is 11.7 Å². The first-order valence-corrected chi connectivity index (χ1v) is 8.49. The zero-order chi connectivity index (χ0) is 16.9. The van der Waals surface area contributed by atoms with E-state index >= 15 is 0 Å². The van der Waals surface area contributed by atoms with E-state index in [4.69, 9.17) is 11.6 Å². The Labute approximate surface area is 146 Å². The highest BCUT2D eigenvalue weighted by Gasteiger charge is 2.24. The molecular formula is C19H20ClFN2O. The van der Waals surface area contributed by atoms with E-state index in [-0.39, 0.29) is 10.9 Å². The first-order valence-electron chi connectivity index (χ1n) is 8.11. The van der Waals surface area contributed by atoms with E-state index in [2.05, 4.69) is 22.3 Å². The molecule has 1 saturated heterocycles. The summed E-state index contributed by atoms with van der Waals surface area (Å²) in [7, 11) is 0. The number of nitrogens with one attached hydrogen (secondary N) is 1. The van der Waals surface area contributed by atoms with E-state index in [1.54, 1.807) is 0 Å². The molecule has 0 unspecified atom stereocenters. The van der Waals surface area contributed by atoms with Crippen molar-refractivity contribution < 1.29 is 9.18 Å². The van der Waals surface area contributed by atoms with Crippen LogP contribution in [0.3, 0.4) is 0 Å². The highest BCUT2D eigenvalue weighted by Crippen LogP contribution is 2.23. The predicted octanol–water partition coefficient (Wildman–Crippen LogP) is 4.33. The van der Waals surface area contributed by atoms with Gasteiger partial charge in [-0.05, 0) is 42.6 Å². The summed E-state index contributed by atoms with van der Waals surface area (Å²) < 4.78 is 13.1. The Morgan fingerprint density at radius 3 is 2.79 bits per heavy atom. The smallest absolute Gasteiger partial charge is 0.224 e. The van der Waals surface area contributed by atoms with Gasteiger partial charge in [-0.15, -0.1) is 0 Å². The molecule has 1 atom stereocenters. The molecule has 1 aliphatic rings. The maximum Gasteiger partial charge on any atom is 0.224 e. The highest BCUT2D eigenvalue weighted by atomic mass is 35.5. The first kappa shape index (κ1) is 16.9. The van der Waals surface area contributed by atoms with Gasteiger partial charge in [-0.25, -0.2) is 4.39 Å². The fraction of sp³-hybridized carbons (Fsp3) is 0.316. The number of carbonyl (C=O) groups is 1. The lowest BCUT2D eigenvalue weighted by Gasteiger charge is -2.16. The summed E-state index contributed by atoms with van der Waals surface area (Å²) in [5.41, 5.74) is 1.83. The Bertz CT molecular complexity index is 708. The van der Waals surface area contributed by atoms with Gasteiger partial charge in [0.15, 0.2) is 0 Å². The van der Waals surface area contributed by atoms with Gasteiger partial charge in [-0.1, -0.05) is 41.9 Å². The number of rotatable bonds is 5. The van der Waals surface area contributed by atoms with Crippen LogP contribution in [-0.4, -0.2) is 23.9 Å². The summed E-state index contributed by atoms with van der Waals surface area (Å²) in [5.74, 6) is -0.184. The number of hydrogen-bond donors (Lipinski definition) is 1. The molecule has 1 heterocycles.